The van der Waals surface area contributed by atoms with Gasteiger partial charge in [0.15, 0.2) is 0 Å². The molecule has 0 saturated carbocycles. The summed E-state index contributed by atoms with van der Waals surface area (Å²) in [6, 6.07) is 0.491. The molecule has 17 heavy (non-hydrogen) atoms. The first kappa shape index (κ1) is 16.4. The number of hydrogen-bond acceptors (Lipinski definition) is 2. The lowest BCUT2D eigenvalue weighted by Gasteiger charge is -2.22. The van der Waals surface area contributed by atoms with Gasteiger partial charge in [-0.15, -0.1) is 0 Å². The predicted molar refractivity (Wildman–Crippen MR) is 74.1 cm³/mol. The second-order valence-corrected chi connectivity index (χ2v) is 5.81. The summed E-state index contributed by atoms with van der Waals surface area (Å²) < 4.78 is 0. The highest BCUT2D eigenvalue weighted by molar-refractivity contribution is 5.78. The van der Waals surface area contributed by atoms with Gasteiger partial charge in [-0.05, 0) is 33.6 Å². The number of unbranched alkanes of at least 4 members (excludes halogenated alkanes) is 1. The zero-order valence-corrected chi connectivity index (χ0v) is 12.2. The Morgan fingerprint density at radius 2 is 1.76 bits per heavy atom. The Bertz CT molecular complexity index is 209. The zero-order valence-electron chi connectivity index (χ0n) is 12.2. The summed E-state index contributed by atoms with van der Waals surface area (Å²) in [4.78, 5) is 11.7. The van der Waals surface area contributed by atoms with Crippen LogP contribution in [0.2, 0.25) is 0 Å². The summed E-state index contributed by atoms with van der Waals surface area (Å²) in [6.45, 7) is 10.8. The van der Waals surface area contributed by atoms with Gasteiger partial charge in [-0.1, -0.05) is 33.1 Å². The van der Waals surface area contributed by atoms with Gasteiger partial charge in [0.1, 0.15) is 0 Å². The van der Waals surface area contributed by atoms with Crippen molar-refractivity contribution in [3.05, 3.63) is 0 Å². The molecule has 0 aliphatic rings. The number of rotatable bonds is 8. The van der Waals surface area contributed by atoms with E-state index in [1.165, 1.54) is 25.7 Å². The summed E-state index contributed by atoms with van der Waals surface area (Å²) in [5.74, 6) is 0.0927. The molecule has 0 aromatic carbocycles. The van der Waals surface area contributed by atoms with Gasteiger partial charge in [-0.2, -0.15) is 0 Å². The normalized spacial score (nSPS) is 13.5. The van der Waals surface area contributed by atoms with Gasteiger partial charge >= 0.3 is 0 Å². The van der Waals surface area contributed by atoms with E-state index in [0.717, 1.165) is 6.42 Å². The summed E-state index contributed by atoms with van der Waals surface area (Å²) in [5, 5.41) is 6.34. The highest BCUT2D eigenvalue weighted by Gasteiger charge is 2.14. The molecule has 0 aliphatic carbocycles. The van der Waals surface area contributed by atoms with Crippen LogP contribution in [-0.2, 0) is 4.79 Å². The molecule has 3 heteroatoms. The second kappa shape index (κ2) is 8.51. The highest BCUT2D eigenvalue weighted by atomic mass is 16.2. The van der Waals surface area contributed by atoms with Crippen LogP contribution in [0.1, 0.15) is 66.7 Å². The molecule has 1 atom stereocenters. The molecule has 0 fully saturated rings. The quantitative estimate of drug-likeness (QED) is 0.687. The van der Waals surface area contributed by atoms with Crippen LogP contribution >= 0.6 is 0 Å². The van der Waals surface area contributed by atoms with Crippen molar-refractivity contribution in [3.63, 3.8) is 0 Å². The molecule has 0 heterocycles. The van der Waals surface area contributed by atoms with Crippen molar-refractivity contribution in [2.75, 3.05) is 6.54 Å². The van der Waals surface area contributed by atoms with E-state index in [9.17, 15) is 4.79 Å². The molecule has 0 aromatic rings. The number of amides is 1. The molecular weight excluding hydrogens is 212 g/mol. The summed E-state index contributed by atoms with van der Waals surface area (Å²) in [7, 11) is 0. The maximum absolute atomic E-state index is 11.7. The Morgan fingerprint density at radius 3 is 2.24 bits per heavy atom. The lowest BCUT2D eigenvalue weighted by molar-refractivity contribution is -0.121. The van der Waals surface area contributed by atoms with Crippen LogP contribution in [0.15, 0.2) is 0 Å². The molecule has 1 unspecified atom stereocenters. The SMILES string of the molecule is CCCCC(CCC)NCC(=O)NC(C)(C)C. The van der Waals surface area contributed by atoms with E-state index in [-0.39, 0.29) is 11.4 Å². The van der Waals surface area contributed by atoms with Gasteiger partial charge in [0, 0.05) is 11.6 Å². The molecule has 2 N–H and O–H groups in total. The topological polar surface area (TPSA) is 41.1 Å². The molecule has 0 aromatic heterocycles. The molecule has 1 amide bonds. The third-order valence-corrected chi connectivity index (χ3v) is 2.61. The largest absolute Gasteiger partial charge is 0.350 e. The van der Waals surface area contributed by atoms with Crippen LogP contribution in [0.4, 0.5) is 0 Å². The van der Waals surface area contributed by atoms with Gasteiger partial charge in [0.2, 0.25) is 5.91 Å². The number of hydrogen-bond donors (Lipinski definition) is 2. The highest BCUT2D eigenvalue weighted by Crippen LogP contribution is 2.06. The van der Waals surface area contributed by atoms with Crippen LogP contribution in [-0.4, -0.2) is 24.0 Å². The smallest absolute Gasteiger partial charge is 0.234 e. The van der Waals surface area contributed by atoms with E-state index in [2.05, 4.69) is 24.5 Å². The second-order valence-electron chi connectivity index (χ2n) is 5.81. The van der Waals surface area contributed by atoms with Gasteiger partial charge < -0.3 is 10.6 Å². The van der Waals surface area contributed by atoms with Gasteiger partial charge in [-0.25, -0.2) is 0 Å². The molecular formula is C14H30N2O. The van der Waals surface area contributed by atoms with Crippen LogP contribution in [0.3, 0.4) is 0 Å². The molecule has 0 spiro atoms. The molecule has 0 aliphatic heterocycles. The Hall–Kier alpha value is -0.570. The van der Waals surface area contributed by atoms with Crippen molar-refractivity contribution in [2.24, 2.45) is 0 Å². The van der Waals surface area contributed by atoms with Crippen LogP contribution < -0.4 is 10.6 Å². The van der Waals surface area contributed by atoms with E-state index in [4.69, 9.17) is 0 Å². The van der Waals surface area contributed by atoms with E-state index in [1.54, 1.807) is 0 Å². The lowest BCUT2D eigenvalue weighted by Crippen LogP contribution is -2.46. The summed E-state index contributed by atoms with van der Waals surface area (Å²) >= 11 is 0. The molecule has 3 nitrogen and oxygen atoms in total. The van der Waals surface area contributed by atoms with Crippen molar-refractivity contribution in [2.45, 2.75) is 78.3 Å². The van der Waals surface area contributed by atoms with Crippen molar-refractivity contribution >= 4 is 5.91 Å². The lowest BCUT2D eigenvalue weighted by atomic mass is 10.1. The minimum atomic E-state index is -0.136. The van der Waals surface area contributed by atoms with Gasteiger partial charge in [0.05, 0.1) is 6.54 Å². The van der Waals surface area contributed by atoms with Crippen LogP contribution in [0, 0.1) is 0 Å². The third-order valence-electron chi connectivity index (χ3n) is 2.61. The van der Waals surface area contributed by atoms with E-state index in [1.807, 2.05) is 20.8 Å². The minimum absolute atomic E-state index is 0.0927. The van der Waals surface area contributed by atoms with E-state index >= 15 is 0 Å². The number of carbonyl (C=O) groups is 1. The fourth-order valence-electron chi connectivity index (χ4n) is 1.85. The Balaban J connectivity index is 3.90. The Labute approximate surface area is 107 Å². The third kappa shape index (κ3) is 10.3. The maximum atomic E-state index is 11.7. The van der Waals surface area contributed by atoms with Crippen molar-refractivity contribution in [1.29, 1.82) is 0 Å². The first-order chi connectivity index (χ1) is 7.89. The fourth-order valence-corrected chi connectivity index (χ4v) is 1.85. The first-order valence-electron chi connectivity index (χ1n) is 6.93. The molecule has 0 saturated heterocycles. The average molecular weight is 242 g/mol. The van der Waals surface area contributed by atoms with Gasteiger partial charge in [0.25, 0.3) is 0 Å². The molecule has 102 valence electrons. The molecule has 0 bridgehead atoms. The Morgan fingerprint density at radius 1 is 1.12 bits per heavy atom. The predicted octanol–water partition coefficient (Wildman–Crippen LogP) is 2.85. The standard InChI is InChI=1S/C14H30N2O/c1-6-8-10-12(9-7-2)15-11-13(17)16-14(3,4)5/h12,15H,6-11H2,1-5H3,(H,16,17). The monoisotopic (exact) mass is 242 g/mol. The summed E-state index contributed by atoms with van der Waals surface area (Å²) in [5.41, 5.74) is -0.136. The van der Waals surface area contributed by atoms with E-state index in [0.29, 0.717) is 12.6 Å². The molecule has 0 rings (SSSR count). The zero-order chi connectivity index (χ0) is 13.3. The Kier molecular flexibility index (Phi) is 8.23. The fraction of sp³-hybridized carbons (Fsp3) is 0.929. The molecule has 0 radical (unpaired) electrons. The first-order valence-corrected chi connectivity index (χ1v) is 6.93. The van der Waals surface area contributed by atoms with Crippen molar-refractivity contribution in [1.82, 2.24) is 10.6 Å². The summed E-state index contributed by atoms with van der Waals surface area (Å²) in [6.07, 6.45) is 5.95. The minimum Gasteiger partial charge on any atom is -0.350 e. The van der Waals surface area contributed by atoms with Crippen LogP contribution in [0.25, 0.3) is 0 Å². The van der Waals surface area contributed by atoms with Crippen LogP contribution in [0.5, 0.6) is 0 Å². The van der Waals surface area contributed by atoms with Crippen molar-refractivity contribution in [3.8, 4) is 0 Å². The van der Waals surface area contributed by atoms with Gasteiger partial charge in [-0.3, -0.25) is 4.79 Å². The van der Waals surface area contributed by atoms with E-state index < -0.39 is 0 Å². The number of nitrogens with one attached hydrogen (secondary N) is 2. The van der Waals surface area contributed by atoms with Crippen molar-refractivity contribution < 1.29 is 4.79 Å². The average Bonchev–Trinajstić information content (AvgIpc) is 2.19. The maximum Gasteiger partial charge on any atom is 0.234 e. The number of carbonyl (C=O) groups excluding carboxylic acids is 1.